The molecule has 2 aliphatic rings. The highest BCUT2D eigenvalue weighted by Crippen LogP contribution is 2.30. The molecule has 4 rings (SSSR count). The van der Waals surface area contributed by atoms with Gasteiger partial charge in [-0.25, -0.2) is 9.97 Å². The second-order valence-corrected chi connectivity index (χ2v) is 6.29. The molecular weight excluding hydrogens is 292 g/mol. The standard InChI is InChI=1S/C16H22N6O/c1-21-11-19-20-16(21)14-9-22(7-8-23-14)15-12-5-3-2-4-6-13(12)17-10-18-15/h10-11,14H,2-9H2,1H3. The first-order chi connectivity index (χ1) is 11.3. The second kappa shape index (κ2) is 6.23. The number of fused-ring (bicyclic) bond motifs is 1. The molecular formula is C16H22N6O. The monoisotopic (exact) mass is 314 g/mol. The lowest BCUT2D eigenvalue weighted by Gasteiger charge is -2.34. The van der Waals surface area contributed by atoms with Crippen LogP contribution in [0.15, 0.2) is 12.7 Å². The van der Waals surface area contributed by atoms with Crippen LogP contribution in [0.2, 0.25) is 0 Å². The van der Waals surface area contributed by atoms with E-state index < -0.39 is 0 Å². The number of anilines is 1. The van der Waals surface area contributed by atoms with Gasteiger partial charge in [-0.3, -0.25) is 0 Å². The molecule has 0 radical (unpaired) electrons. The predicted molar refractivity (Wildman–Crippen MR) is 85.2 cm³/mol. The SMILES string of the molecule is Cn1cnnc1C1CN(c2ncnc3c2CCCCC3)CCO1. The zero-order valence-corrected chi connectivity index (χ0v) is 13.5. The van der Waals surface area contributed by atoms with Gasteiger partial charge < -0.3 is 14.2 Å². The van der Waals surface area contributed by atoms with E-state index in [1.54, 1.807) is 12.7 Å². The van der Waals surface area contributed by atoms with E-state index in [2.05, 4.69) is 25.1 Å². The highest BCUT2D eigenvalue weighted by molar-refractivity contribution is 5.49. The average molecular weight is 314 g/mol. The Morgan fingerprint density at radius 2 is 2.09 bits per heavy atom. The number of ether oxygens (including phenoxy) is 1. The molecule has 1 fully saturated rings. The Morgan fingerprint density at radius 3 is 2.96 bits per heavy atom. The molecule has 0 spiro atoms. The maximum atomic E-state index is 5.92. The third-order valence-corrected chi connectivity index (χ3v) is 4.75. The van der Waals surface area contributed by atoms with Gasteiger partial charge in [0.15, 0.2) is 5.82 Å². The Kier molecular flexibility index (Phi) is 3.95. The fraction of sp³-hybridized carbons (Fsp3) is 0.625. The number of hydrogen-bond acceptors (Lipinski definition) is 6. The molecule has 23 heavy (non-hydrogen) atoms. The number of morpholine rings is 1. The normalized spacial score (nSPS) is 21.8. The Balaban J connectivity index is 1.62. The van der Waals surface area contributed by atoms with Crippen molar-refractivity contribution in [3.8, 4) is 0 Å². The molecule has 1 saturated heterocycles. The van der Waals surface area contributed by atoms with Crippen molar-refractivity contribution >= 4 is 5.82 Å². The van der Waals surface area contributed by atoms with Crippen LogP contribution in [0, 0.1) is 0 Å². The van der Waals surface area contributed by atoms with Crippen LogP contribution < -0.4 is 4.90 Å². The summed E-state index contributed by atoms with van der Waals surface area (Å²) in [7, 11) is 1.95. The second-order valence-electron chi connectivity index (χ2n) is 6.29. The molecule has 1 aliphatic carbocycles. The number of aryl methyl sites for hydroxylation is 2. The van der Waals surface area contributed by atoms with Crippen molar-refractivity contribution < 1.29 is 4.74 Å². The van der Waals surface area contributed by atoms with Gasteiger partial charge in [0.1, 0.15) is 24.6 Å². The van der Waals surface area contributed by atoms with E-state index in [0.717, 1.165) is 37.6 Å². The van der Waals surface area contributed by atoms with Crippen molar-refractivity contribution in [3.63, 3.8) is 0 Å². The van der Waals surface area contributed by atoms with E-state index in [1.807, 2.05) is 11.6 Å². The summed E-state index contributed by atoms with van der Waals surface area (Å²) >= 11 is 0. The van der Waals surface area contributed by atoms with Gasteiger partial charge in [-0.1, -0.05) is 6.42 Å². The van der Waals surface area contributed by atoms with Crippen LogP contribution in [0.3, 0.4) is 0 Å². The van der Waals surface area contributed by atoms with E-state index in [4.69, 9.17) is 4.74 Å². The van der Waals surface area contributed by atoms with Gasteiger partial charge in [-0.05, 0) is 25.7 Å². The molecule has 1 unspecified atom stereocenters. The summed E-state index contributed by atoms with van der Waals surface area (Å²) in [6.45, 7) is 2.30. The third-order valence-electron chi connectivity index (χ3n) is 4.75. The number of aromatic nitrogens is 5. The van der Waals surface area contributed by atoms with Crippen LogP contribution in [0.4, 0.5) is 5.82 Å². The maximum Gasteiger partial charge on any atom is 0.163 e. The number of nitrogens with zero attached hydrogens (tertiary/aromatic N) is 6. The van der Waals surface area contributed by atoms with Crippen LogP contribution in [0.25, 0.3) is 0 Å². The molecule has 1 atom stereocenters. The van der Waals surface area contributed by atoms with Gasteiger partial charge in [0.05, 0.1) is 13.2 Å². The summed E-state index contributed by atoms with van der Waals surface area (Å²) in [4.78, 5) is 11.5. The van der Waals surface area contributed by atoms with Crippen LogP contribution >= 0.6 is 0 Å². The summed E-state index contributed by atoms with van der Waals surface area (Å²) in [5.74, 6) is 1.96. The highest BCUT2D eigenvalue weighted by Gasteiger charge is 2.28. The summed E-state index contributed by atoms with van der Waals surface area (Å²) in [6.07, 6.45) is 9.26. The van der Waals surface area contributed by atoms with Crippen LogP contribution in [-0.2, 0) is 24.6 Å². The average Bonchev–Trinajstić information content (AvgIpc) is 2.87. The fourth-order valence-electron chi connectivity index (χ4n) is 3.53. The van der Waals surface area contributed by atoms with Gasteiger partial charge in [-0.15, -0.1) is 10.2 Å². The predicted octanol–water partition coefficient (Wildman–Crippen LogP) is 1.45. The Morgan fingerprint density at radius 1 is 1.17 bits per heavy atom. The lowest BCUT2D eigenvalue weighted by molar-refractivity contribution is 0.0318. The summed E-state index contributed by atoms with van der Waals surface area (Å²) in [6, 6.07) is 0. The number of rotatable bonds is 2. The molecule has 2 aromatic heterocycles. The number of hydrogen-bond donors (Lipinski definition) is 0. The van der Waals surface area contributed by atoms with Gasteiger partial charge in [-0.2, -0.15) is 0 Å². The van der Waals surface area contributed by atoms with Gasteiger partial charge in [0, 0.05) is 24.8 Å². The van der Waals surface area contributed by atoms with E-state index in [9.17, 15) is 0 Å². The molecule has 7 nitrogen and oxygen atoms in total. The first kappa shape index (κ1) is 14.6. The molecule has 122 valence electrons. The minimum atomic E-state index is -0.0624. The van der Waals surface area contributed by atoms with Crippen molar-refractivity contribution in [2.24, 2.45) is 7.05 Å². The largest absolute Gasteiger partial charge is 0.366 e. The van der Waals surface area contributed by atoms with Crippen molar-refractivity contribution in [2.45, 2.75) is 38.2 Å². The third kappa shape index (κ3) is 2.81. The molecule has 2 aromatic rings. The zero-order chi connectivity index (χ0) is 15.6. The van der Waals surface area contributed by atoms with Crippen molar-refractivity contribution in [2.75, 3.05) is 24.6 Å². The molecule has 0 bridgehead atoms. The molecule has 0 amide bonds. The van der Waals surface area contributed by atoms with E-state index in [-0.39, 0.29) is 6.10 Å². The van der Waals surface area contributed by atoms with Crippen molar-refractivity contribution in [3.05, 3.63) is 29.7 Å². The Bertz CT molecular complexity index is 685. The Labute approximate surface area is 135 Å². The van der Waals surface area contributed by atoms with E-state index >= 15 is 0 Å². The highest BCUT2D eigenvalue weighted by atomic mass is 16.5. The van der Waals surface area contributed by atoms with E-state index in [1.165, 1.54) is 30.5 Å². The first-order valence-electron chi connectivity index (χ1n) is 8.36. The molecule has 0 aromatic carbocycles. The minimum Gasteiger partial charge on any atom is -0.366 e. The van der Waals surface area contributed by atoms with Gasteiger partial charge in [0.25, 0.3) is 0 Å². The minimum absolute atomic E-state index is 0.0624. The van der Waals surface area contributed by atoms with Gasteiger partial charge >= 0.3 is 0 Å². The molecule has 0 saturated carbocycles. The summed E-state index contributed by atoms with van der Waals surface area (Å²) in [5.41, 5.74) is 2.57. The van der Waals surface area contributed by atoms with Crippen molar-refractivity contribution in [1.29, 1.82) is 0 Å². The molecule has 1 aliphatic heterocycles. The smallest absolute Gasteiger partial charge is 0.163 e. The lowest BCUT2D eigenvalue weighted by Crippen LogP contribution is -2.40. The summed E-state index contributed by atoms with van der Waals surface area (Å²) in [5, 5.41) is 8.16. The van der Waals surface area contributed by atoms with Crippen LogP contribution in [0.1, 0.15) is 42.4 Å². The quantitative estimate of drug-likeness (QED) is 0.782. The van der Waals surface area contributed by atoms with Crippen molar-refractivity contribution in [1.82, 2.24) is 24.7 Å². The fourth-order valence-corrected chi connectivity index (χ4v) is 3.53. The molecule has 3 heterocycles. The van der Waals surface area contributed by atoms with Crippen LogP contribution in [-0.4, -0.2) is 44.4 Å². The van der Waals surface area contributed by atoms with Crippen LogP contribution in [0.5, 0.6) is 0 Å². The van der Waals surface area contributed by atoms with Gasteiger partial charge in [0.2, 0.25) is 0 Å². The molecule has 7 heteroatoms. The topological polar surface area (TPSA) is 69.0 Å². The lowest BCUT2D eigenvalue weighted by atomic mass is 10.1. The summed E-state index contributed by atoms with van der Waals surface area (Å²) < 4.78 is 7.84. The maximum absolute atomic E-state index is 5.92. The molecule has 0 N–H and O–H groups in total. The zero-order valence-electron chi connectivity index (χ0n) is 13.5. The van der Waals surface area contributed by atoms with E-state index in [0.29, 0.717) is 6.61 Å². The first-order valence-corrected chi connectivity index (χ1v) is 8.36. The Hall–Kier alpha value is -2.02.